The Morgan fingerprint density at radius 2 is 1.96 bits per heavy atom. The number of benzene rings is 1. The summed E-state index contributed by atoms with van der Waals surface area (Å²) in [4.78, 5) is 20.0. The second-order valence-electron chi connectivity index (χ2n) is 5.42. The van der Waals surface area contributed by atoms with Crippen LogP contribution in [0.4, 0.5) is 11.4 Å². The zero-order valence-corrected chi connectivity index (χ0v) is 14.2. The molecule has 8 heteroatoms. The lowest BCUT2D eigenvalue weighted by molar-refractivity contribution is 0.102. The predicted molar refractivity (Wildman–Crippen MR) is 94.4 cm³/mol. The molecule has 0 radical (unpaired) electrons. The van der Waals surface area contributed by atoms with Gasteiger partial charge in [-0.25, -0.2) is 4.98 Å². The van der Waals surface area contributed by atoms with E-state index in [0.29, 0.717) is 11.6 Å². The second-order valence-corrected chi connectivity index (χ2v) is 5.42. The highest BCUT2D eigenvalue weighted by molar-refractivity contribution is 6.05. The second kappa shape index (κ2) is 7.00. The molecular weight excluding hydrogens is 320 g/mol. The Labute approximate surface area is 145 Å². The fraction of sp³-hybridized carbons (Fsp3) is 0.176. The van der Waals surface area contributed by atoms with Gasteiger partial charge < -0.3 is 15.0 Å². The van der Waals surface area contributed by atoms with Crippen LogP contribution < -0.4 is 15.0 Å². The molecule has 0 aliphatic heterocycles. The van der Waals surface area contributed by atoms with Crippen molar-refractivity contribution in [1.82, 2.24) is 20.0 Å². The highest BCUT2D eigenvalue weighted by Gasteiger charge is 2.18. The van der Waals surface area contributed by atoms with Crippen LogP contribution in [-0.2, 0) is 0 Å². The molecule has 0 spiro atoms. The highest BCUT2D eigenvalue weighted by atomic mass is 16.5. The van der Waals surface area contributed by atoms with E-state index < -0.39 is 5.91 Å². The monoisotopic (exact) mass is 338 g/mol. The van der Waals surface area contributed by atoms with Gasteiger partial charge in [-0.15, -0.1) is 5.10 Å². The first-order valence-electron chi connectivity index (χ1n) is 7.59. The maximum Gasteiger partial charge on any atom is 0.278 e. The van der Waals surface area contributed by atoms with Crippen molar-refractivity contribution in [3.8, 4) is 11.6 Å². The Hall–Kier alpha value is -3.42. The van der Waals surface area contributed by atoms with E-state index in [-0.39, 0.29) is 5.69 Å². The lowest BCUT2D eigenvalue weighted by Crippen LogP contribution is -2.18. The molecular formula is C17H18N6O2. The number of anilines is 2. The first kappa shape index (κ1) is 16.4. The molecule has 128 valence electrons. The molecule has 1 amide bonds. The van der Waals surface area contributed by atoms with Gasteiger partial charge in [0.1, 0.15) is 5.69 Å². The van der Waals surface area contributed by atoms with Gasteiger partial charge in [-0.3, -0.25) is 4.79 Å². The van der Waals surface area contributed by atoms with Gasteiger partial charge in [0.25, 0.3) is 5.91 Å². The van der Waals surface area contributed by atoms with E-state index >= 15 is 0 Å². The smallest absolute Gasteiger partial charge is 0.278 e. The molecule has 0 saturated carbocycles. The molecule has 0 unspecified atom stereocenters. The van der Waals surface area contributed by atoms with E-state index in [0.717, 1.165) is 11.4 Å². The van der Waals surface area contributed by atoms with Gasteiger partial charge in [0.15, 0.2) is 5.69 Å². The summed E-state index contributed by atoms with van der Waals surface area (Å²) in [6.45, 7) is 0. The van der Waals surface area contributed by atoms with Crippen LogP contribution in [-0.4, -0.2) is 47.1 Å². The van der Waals surface area contributed by atoms with Crippen LogP contribution in [0.1, 0.15) is 10.5 Å². The standard InChI is InChI=1S/C17H18N6O2/c1-22(2)14-9-10-18-17(25-3)15(14)20-16(24)13-11-19-23(21-13)12-7-5-4-6-8-12/h4-11H,1-3H3,(H,20,24). The van der Waals surface area contributed by atoms with Crippen molar-refractivity contribution in [3.05, 3.63) is 54.5 Å². The van der Waals surface area contributed by atoms with E-state index in [1.165, 1.54) is 18.1 Å². The summed E-state index contributed by atoms with van der Waals surface area (Å²) in [5, 5.41) is 11.2. The van der Waals surface area contributed by atoms with Crippen LogP contribution in [0.15, 0.2) is 48.8 Å². The van der Waals surface area contributed by atoms with Crippen molar-refractivity contribution >= 4 is 17.3 Å². The molecule has 0 aliphatic carbocycles. The minimum absolute atomic E-state index is 0.194. The summed E-state index contributed by atoms with van der Waals surface area (Å²) in [6, 6.07) is 11.2. The first-order chi connectivity index (χ1) is 12.1. The number of nitrogens with one attached hydrogen (secondary N) is 1. The maximum absolute atomic E-state index is 12.6. The van der Waals surface area contributed by atoms with E-state index in [1.807, 2.05) is 49.3 Å². The summed E-state index contributed by atoms with van der Waals surface area (Å²) in [7, 11) is 5.25. The molecule has 0 aliphatic rings. The predicted octanol–water partition coefficient (Wildman–Crippen LogP) is 1.99. The Balaban J connectivity index is 1.88. The number of ether oxygens (including phenoxy) is 1. The molecule has 3 aromatic rings. The quantitative estimate of drug-likeness (QED) is 0.766. The highest BCUT2D eigenvalue weighted by Crippen LogP contribution is 2.32. The summed E-state index contributed by atoms with van der Waals surface area (Å²) in [5.41, 5.74) is 2.22. The fourth-order valence-corrected chi connectivity index (χ4v) is 2.31. The van der Waals surface area contributed by atoms with Gasteiger partial charge in [0.05, 0.1) is 24.7 Å². The van der Waals surface area contributed by atoms with Gasteiger partial charge in [-0.05, 0) is 18.2 Å². The average Bonchev–Trinajstić information content (AvgIpc) is 3.12. The zero-order valence-electron chi connectivity index (χ0n) is 14.2. The summed E-state index contributed by atoms with van der Waals surface area (Å²) in [5.74, 6) is -0.0633. The number of hydrogen-bond donors (Lipinski definition) is 1. The molecule has 25 heavy (non-hydrogen) atoms. The van der Waals surface area contributed by atoms with E-state index in [1.54, 1.807) is 12.3 Å². The molecule has 2 aromatic heterocycles. The number of methoxy groups -OCH3 is 1. The normalized spacial score (nSPS) is 10.4. The van der Waals surface area contributed by atoms with Crippen LogP contribution in [0.3, 0.4) is 0 Å². The molecule has 1 N–H and O–H groups in total. The molecule has 0 saturated heterocycles. The number of hydrogen-bond acceptors (Lipinski definition) is 6. The van der Waals surface area contributed by atoms with Gasteiger partial charge in [-0.1, -0.05) is 18.2 Å². The fourth-order valence-electron chi connectivity index (χ4n) is 2.31. The first-order valence-corrected chi connectivity index (χ1v) is 7.59. The lowest BCUT2D eigenvalue weighted by atomic mass is 10.3. The van der Waals surface area contributed by atoms with Gasteiger partial charge in [-0.2, -0.15) is 9.90 Å². The van der Waals surface area contributed by atoms with E-state index in [2.05, 4.69) is 20.5 Å². The van der Waals surface area contributed by atoms with Crippen molar-refractivity contribution < 1.29 is 9.53 Å². The van der Waals surface area contributed by atoms with Gasteiger partial charge >= 0.3 is 0 Å². The number of aromatic nitrogens is 4. The molecule has 8 nitrogen and oxygen atoms in total. The molecule has 2 heterocycles. The number of nitrogens with zero attached hydrogens (tertiary/aromatic N) is 5. The summed E-state index contributed by atoms with van der Waals surface area (Å²) >= 11 is 0. The number of carbonyl (C=O) groups is 1. The zero-order chi connectivity index (χ0) is 17.8. The van der Waals surface area contributed by atoms with Crippen molar-refractivity contribution in [1.29, 1.82) is 0 Å². The number of amides is 1. The minimum atomic E-state index is -0.392. The molecule has 0 bridgehead atoms. The SMILES string of the molecule is COc1nccc(N(C)C)c1NC(=O)c1cnn(-c2ccccc2)n1. The van der Waals surface area contributed by atoms with Crippen LogP contribution in [0.2, 0.25) is 0 Å². The minimum Gasteiger partial charge on any atom is -0.479 e. The summed E-state index contributed by atoms with van der Waals surface area (Å²) < 4.78 is 5.25. The van der Waals surface area contributed by atoms with E-state index in [9.17, 15) is 4.79 Å². The van der Waals surface area contributed by atoms with Gasteiger partial charge in [0.2, 0.25) is 5.88 Å². The topological polar surface area (TPSA) is 85.2 Å². The van der Waals surface area contributed by atoms with Crippen molar-refractivity contribution in [2.45, 2.75) is 0 Å². The number of para-hydroxylation sites is 1. The third kappa shape index (κ3) is 3.42. The Morgan fingerprint density at radius 1 is 1.20 bits per heavy atom. The van der Waals surface area contributed by atoms with Crippen LogP contribution in [0, 0.1) is 0 Å². The van der Waals surface area contributed by atoms with Crippen molar-refractivity contribution in [3.63, 3.8) is 0 Å². The molecule has 3 rings (SSSR count). The van der Waals surface area contributed by atoms with E-state index in [4.69, 9.17) is 4.74 Å². The molecule has 1 aromatic carbocycles. The van der Waals surface area contributed by atoms with Gasteiger partial charge in [0, 0.05) is 20.3 Å². The van der Waals surface area contributed by atoms with Crippen molar-refractivity contribution in [2.75, 3.05) is 31.4 Å². The third-order valence-electron chi connectivity index (χ3n) is 3.52. The maximum atomic E-state index is 12.6. The average molecular weight is 338 g/mol. The largest absolute Gasteiger partial charge is 0.479 e. The van der Waals surface area contributed by atoms with Crippen LogP contribution in [0.5, 0.6) is 5.88 Å². The summed E-state index contributed by atoms with van der Waals surface area (Å²) in [6.07, 6.45) is 3.04. The number of pyridine rings is 1. The number of carbonyl (C=O) groups excluding carboxylic acids is 1. The molecule has 0 fully saturated rings. The Kier molecular flexibility index (Phi) is 4.60. The number of rotatable bonds is 5. The van der Waals surface area contributed by atoms with Crippen LogP contribution in [0.25, 0.3) is 5.69 Å². The lowest BCUT2D eigenvalue weighted by Gasteiger charge is -2.18. The Morgan fingerprint density at radius 3 is 2.64 bits per heavy atom. The van der Waals surface area contributed by atoms with Crippen molar-refractivity contribution in [2.24, 2.45) is 0 Å². The Bertz CT molecular complexity index is 876. The van der Waals surface area contributed by atoms with Crippen LogP contribution >= 0.6 is 0 Å². The molecule has 0 atom stereocenters. The third-order valence-corrected chi connectivity index (χ3v) is 3.52.